The molecule has 0 rings (SSSR count). The van der Waals surface area contributed by atoms with Gasteiger partial charge in [-0.05, 0) is 27.8 Å². The molecule has 0 fully saturated rings. The molecule has 0 spiro atoms. The molecule has 0 aromatic rings. The summed E-state index contributed by atoms with van der Waals surface area (Å²) in [4.78, 5) is 25.8. The lowest BCUT2D eigenvalue weighted by atomic mass is 10.2. The van der Waals surface area contributed by atoms with Gasteiger partial charge in [0.1, 0.15) is 0 Å². The fraction of sp³-hybridized carbons (Fsp3) is 0.667. The second-order valence-electron chi connectivity index (χ2n) is 4.07. The first-order valence-electron chi connectivity index (χ1n) is 5.77. The van der Waals surface area contributed by atoms with Crippen molar-refractivity contribution in [3.63, 3.8) is 0 Å². The molecule has 5 nitrogen and oxygen atoms in total. The van der Waals surface area contributed by atoms with Crippen LogP contribution in [0.4, 0.5) is 0 Å². The van der Waals surface area contributed by atoms with Gasteiger partial charge in [0.2, 0.25) is 5.91 Å². The topological polar surface area (TPSA) is 60.9 Å². The zero-order valence-corrected chi connectivity index (χ0v) is 11.1. The minimum atomic E-state index is -0.953. The Morgan fingerprint density at radius 3 is 2.12 bits per heavy atom. The summed E-state index contributed by atoms with van der Waals surface area (Å²) >= 11 is 0. The Kier molecular flexibility index (Phi) is 7.21. The van der Waals surface area contributed by atoms with Crippen LogP contribution in [0.25, 0.3) is 0 Å². The van der Waals surface area contributed by atoms with Gasteiger partial charge < -0.3 is 10.0 Å². The van der Waals surface area contributed by atoms with E-state index in [-0.39, 0.29) is 5.91 Å². The van der Waals surface area contributed by atoms with Crippen LogP contribution in [0, 0.1) is 0 Å². The molecule has 0 atom stereocenters. The minimum Gasteiger partial charge on any atom is -0.478 e. The summed E-state index contributed by atoms with van der Waals surface area (Å²) in [7, 11) is 1.81. The highest BCUT2D eigenvalue weighted by Gasteiger charge is 2.12. The van der Waals surface area contributed by atoms with E-state index in [0.29, 0.717) is 26.2 Å². The van der Waals surface area contributed by atoms with Gasteiger partial charge in [-0.2, -0.15) is 0 Å². The number of hydrogen-bond acceptors (Lipinski definition) is 3. The molecule has 0 aliphatic heterocycles. The molecular formula is C12H22N2O3. The van der Waals surface area contributed by atoms with Gasteiger partial charge >= 0.3 is 5.97 Å². The molecule has 0 aromatic heterocycles. The number of aliphatic carboxylic acids is 1. The number of rotatable bonds is 7. The van der Waals surface area contributed by atoms with E-state index >= 15 is 0 Å². The summed E-state index contributed by atoms with van der Waals surface area (Å²) in [5.41, 5.74) is 0.729. The van der Waals surface area contributed by atoms with Gasteiger partial charge in [0.05, 0.1) is 6.54 Å². The van der Waals surface area contributed by atoms with Gasteiger partial charge in [0.15, 0.2) is 0 Å². The number of amides is 1. The molecule has 1 N–H and O–H groups in total. The van der Waals surface area contributed by atoms with Gasteiger partial charge in [-0.1, -0.05) is 5.57 Å². The maximum absolute atomic E-state index is 11.8. The van der Waals surface area contributed by atoms with E-state index in [1.54, 1.807) is 18.9 Å². The number of nitrogens with zero attached hydrogens (tertiary/aromatic N) is 2. The maximum atomic E-state index is 11.8. The van der Waals surface area contributed by atoms with Crippen molar-refractivity contribution in [1.29, 1.82) is 0 Å². The van der Waals surface area contributed by atoms with Crippen molar-refractivity contribution < 1.29 is 14.7 Å². The van der Waals surface area contributed by atoms with Crippen LogP contribution in [0.5, 0.6) is 0 Å². The molecular weight excluding hydrogens is 220 g/mol. The number of carboxylic acid groups (broad SMARTS) is 1. The molecule has 0 aromatic carbocycles. The lowest BCUT2D eigenvalue weighted by Crippen LogP contribution is -2.39. The van der Waals surface area contributed by atoms with Crippen LogP contribution in [0.1, 0.15) is 20.8 Å². The predicted molar refractivity (Wildman–Crippen MR) is 66.8 cm³/mol. The Morgan fingerprint density at radius 1 is 1.18 bits per heavy atom. The smallest absolute Gasteiger partial charge is 0.328 e. The van der Waals surface area contributed by atoms with Crippen LogP contribution in [0.15, 0.2) is 11.6 Å². The van der Waals surface area contributed by atoms with E-state index in [9.17, 15) is 9.59 Å². The SMILES string of the molecule is CCN(CC)C(=O)CN(C)CC(C)=CC(=O)O. The average molecular weight is 242 g/mol. The third-order valence-corrected chi connectivity index (χ3v) is 2.41. The van der Waals surface area contributed by atoms with Crippen molar-refractivity contribution in [2.75, 3.05) is 33.2 Å². The number of carbonyl (C=O) groups excluding carboxylic acids is 1. The predicted octanol–water partition coefficient (Wildman–Crippen LogP) is 0.817. The van der Waals surface area contributed by atoms with E-state index in [0.717, 1.165) is 5.57 Å². The third-order valence-electron chi connectivity index (χ3n) is 2.41. The lowest BCUT2D eigenvalue weighted by Gasteiger charge is -2.23. The number of carbonyl (C=O) groups is 2. The summed E-state index contributed by atoms with van der Waals surface area (Å²) in [5, 5.41) is 8.57. The van der Waals surface area contributed by atoms with Crippen LogP contribution in [-0.4, -0.2) is 60.0 Å². The number of hydrogen-bond donors (Lipinski definition) is 1. The molecule has 0 radical (unpaired) electrons. The zero-order valence-electron chi connectivity index (χ0n) is 11.1. The standard InChI is InChI=1S/C12H22N2O3/c1-5-14(6-2)11(15)9-13(4)8-10(3)7-12(16)17/h7H,5-6,8-9H2,1-4H3,(H,16,17). The first-order valence-corrected chi connectivity index (χ1v) is 5.77. The van der Waals surface area contributed by atoms with Crippen molar-refractivity contribution in [3.05, 3.63) is 11.6 Å². The lowest BCUT2D eigenvalue weighted by molar-refractivity contribution is -0.132. The second kappa shape index (κ2) is 7.84. The van der Waals surface area contributed by atoms with Gasteiger partial charge in [-0.3, -0.25) is 9.69 Å². The van der Waals surface area contributed by atoms with Crippen molar-refractivity contribution >= 4 is 11.9 Å². The molecule has 0 aliphatic carbocycles. The largest absolute Gasteiger partial charge is 0.478 e. The third kappa shape index (κ3) is 6.73. The van der Waals surface area contributed by atoms with Crippen LogP contribution in [-0.2, 0) is 9.59 Å². The highest BCUT2D eigenvalue weighted by atomic mass is 16.4. The Labute approximate surface area is 103 Å². The summed E-state index contributed by atoms with van der Waals surface area (Å²) in [6, 6.07) is 0. The fourth-order valence-electron chi connectivity index (χ4n) is 1.65. The van der Waals surface area contributed by atoms with Crippen molar-refractivity contribution in [2.45, 2.75) is 20.8 Å². The van der Waals surface area contributed by atoms with E-state index in [1.165, 1.54) is 6.08 Å². The average Bonchev–Trinajstić information content (AvgIpc) is 2.17. The molecule has 98 valence electrons. The normalized spacial score (nSPS) is 11.7. The molecule has 0 saturated heterocycles. The minimum absolute atomic E-state index is 0.0700. The maximum Gasteiger partial charge on any atom is 0.328 e. The fourth-order valence-corrected chi connectivity index (χ4v) is 1.65. The Hall–Kier alpha value is -1.36. The number of carboxylic acids is 1. The van der Waals surface area contributed by atoms with Gasteiger partial charge in [-0.15, -0.1) is 0 Å². The second-order valence-corrected chi connectivity index (χ2v) is 4.07. The monoisotopic (exact) mass is 242 g/mol. The first-order chi connectivity index (χ1) is 7.90. The molecule has 0 aliphatic rings. The molecule has 0 bridgehead atoms. The first kappa shape index (κ1) is 15.6. The van der Waals surface area contributed by atoms with Crippen molar-refractivity contribution in [1.82, 2.24) is 9.80 Å². The van der Waals surface area contributed by atoms with Crippen molar-refractivity contribution in [2.24, 2.45) is 0 Å². The number of likely N-dealkylation sites (N-methyl/N-ethyl adjacent to an activating group) is 2. The molecule has 1 amide bonds. The Bertz CT molecular complexity index is 296. The summed E-state index contributed by atoms with van der Waals surface area (Å²) in [6.45, 7) is 7.83. The highest BCUT2D eigenvalue weighted by Crippen LogP contribution is 1.98. The van der Waals surface area contributed by atoms with E-state index in [1.807, 2.05) is 18.7 Å². The van der Waals surface area contributed by atoms with Crippen LogP contribution in [0.2, 0.25) is 0 Å². The highest BCUT2D eigenvalue weighted by molar-refractivity contribution is 5.80. The summed E-state index contributed by atoms with van der Waals surface area (Å²) < 4.78 is 0. The molecule has 17 heavy (non-hydrogen) atoms. The van der Waals surface area contributed by atoms with E-state index < -0.39 is 5.97 Å². The van der Waals surface area contributed by atoms with Crippen LogP contribution >= 0.6 is 0 Å². The van der Waals surface area contributed by atoms with Crippen LogP contribution < -0.4 is 0 Å². The molecule has 0 saturated carbocycles. The zero-order chi connectivity index (χ0) is 13.4. The summed E-state index contributed by atoms with van der Waals surface area (Å²) in [6.07, 6.45) is 1.17. The van der Waals surface area contributed by atoms with E-state index in [2.05, 4.69) is 0 Å². The van der Waals surface area contributed by atoms with Gasteiger partial charge in [0.25, 0.3) is 0 Å². The van der Waals surface area contributed by atoms with Crippen LogP contribution in [0.3, 0.4) is 0 Å². The molecule has 0 heterocycles. The Morgan fingerprint density at radius 2 is 1.71 bits per heavy atom. The van der Waals surface area contributed by atoms with Gasteiger partial charge in [0, 0.05) is 25.7 Å². The summed E-state index contributed by atoms with van der Waals surface area (Å²) in [5.74, 6) is -0.883. The van der Waals surface area contributed by atoms with Crippen molar-refractivity contribution in [3.8, 4) is 0 Å². The quantitative estimate of drug-likeness (QED) is 0.671. The molecule has 0 unspecified atom stereocenters. The van der Waals surface area contributed by atoms with Gasteiger partial charge in [-0.25, -0.2) is 4.79 Å². The molecule has 5 heteroatoms. The van der Waals surface area contributed by atoms with E-state index in [4.69, 9.17) is 5.11 Å². The Balaban J connectivity index is 4.22.